The molecular weight excluding hydrogens is 264 g/mol. The van der Waals surface area contributed by atoms with Gasteiger partial charge in [-0.3, -0.25) is 0 Å². The summed E-state index contributed by atoms with van der Waals surface area (Å²) in [5.74, 6) is 1.14. The summed E-state index contributed by atoms with van der Waals surface area (Å²) < 4.78 is 5.78. The Bertz CT molecular complexity index is 382. The molecule has 0 saturated heterocycles. The van der Waals surface area contributed by atoms with Crippen LogP contribution in [0.5, 0.6) is 5.75 Å². The van der Waals surface area contributed by atoms with Crippen molar-refractivity contribution in [1.82, 2.24) is 0 Å². The molecule has 1 nitrogen and oxygen atoms in total. The monoisotopic (exact) mass is 282 g/mol. The summed E-state index contributed by atoms with van der Waals surface area (Å²) in [5, 5.41) is 0. The normalized spacial score (nSPS) is 16.8. The number of para-hydroxylation sites is 1. The number of hydrogen-bond donors (Lipinski definition) is 0. The molecule has 0 amide bonds. The Hall–Kier alpha value is -0.500. The van der Waals surface area contributed by atoms with Gasteiger partial charge in [0, 0.05) is 16.8 Å². The van der Waals surface area contributed by atoms with Crippen LogP contribution in [0.4, 0.5) is 0 Å². The summed E-state index contributed by atoms with van der Waals surface area (Å²) in [4.78, 5) is 0.528. The highest BCUT2D eigenvalue weighted by atomic mass is 79.9. The summed E-state index contributed by atoms with van der Waals surface area (Å²) in [7, 11) is 0. The van der Waals surface area contributed by atoms with Crippen LogP contribution in [0.15, 0.2) is 18.2 Å². The summed E-state index contributed by atoms with van der Waals surface area (Å²) in [6.07, 6.45) is 2.18. The standard InChI is InChI=1S/C14H19BrO/c1-10(15)9-14(2,3)12-6-4-5-11-7-8-16-13(11)12/h4-6,10H,7-9H2,1-3H3. The number of benzene rings is 1. The van der Waals surface area contributed by atoms with Crippen LogP contribution in [-0.2, 0) is 11.8 Å². The van der Waals surface area contributed by atoms with Crippen molar-refractivity contribution in [3.8, 4) is 5.75 Å². The molecule has 0 N–H and O–H groups in total. The first kappa shape index (κ1) is 12.0. The van der Waals surface area contributed by atoms with Gasteiger partial charge in [0.15, 0.2) is 0 Å². The van der Waals surface area contributed by atoms with E-state index in [0.29, 0.717) is 4.83 Å². The molecule has 1 atom stereocenters. The van der Waals surface area contributed by atoms with Gasteiger partial charge in [0.05, 0.1) is 6.61 Å². The minimum atomic E-state index is 0.165. The smallest absolute Gasteiger partial charge is 0.126 e. The molecule has 1 aliphatic rings. The number of ether oxygens (including phenoxy) is 1. The molecule has 0 saturated carbocycles. The molecule has 2 rings (SSSR count). The SMILES string of the molecule is CC(Br)CC(C)(C)c1cccc2c1OCC2. The first-order chi connectivity index (χ1) is 7.50. The molecule has 1 aliphatic heterocycles. The maximum Gasteiger partial charge on any atom is 0.126 e. The van der Waals surface area contributed by atoms with E-state index in [-0.39, 0.29) is 5.41 Å². The van der Waals surface area contributed by atoms with Gasteiger partial charge in [-0.15, -0.1) is 0 Å². The first-order valence-corrected chi connectivity index (χ1v) is 6.81. The Morgan fingerprint density at radius 3 is 2.88 bits per heavy atom. The van der Waals surface area contributed by atoms with Gasteiger partial charge in [0.1, 0.15) is 5.75 Å². The minimum Gasteiger partial charge on any atom is -0.493 e. The van der Waals surface area contributed by atoms with Crippen molar-refractivity contribution < 1.29 is 4.74 Å². The molecule has 0 spiro atoms. The second kappa shape index (κ2) is 4.40. The lowest BCUT2D eigenvalue weighted by molar-refractivity contribution is 0.342. The third-order valence-electron chi connectivity index (χ3n) is 3.24. The van der Waals surface area contributed by atoms with Gasteiger partial charge < -0.3 is 4.74 Å². The number of fused-ring (bicyclic) bond motifs is 1. The van der Waals surface area contributed by atoms with Crippen LogP contribution < -0.4 is 4.74 Å². The topological polar surface area (TPSA) is 9.23 Å². The lowest BCUT2D eigenvalue weighted by atomic mass is 9.79. The van der Waals surface area contributed by atoms with E-state index in [1.165, 1.54) is 11.1 Å². The number of halogens is 1. The number of rotatable bonds is 3. The van der Waals surface area contributed by atoms with Gasteiger partial charge in [0.25, 0.3) is 0 Å². The van der Waals surface area contributed by atoms with Gasteiger partial charge in [-0.1, -0.05) is 54.9 Å². The first-order valence-electron chi connectivity index (χ1n) is 5.90. The van der Waals surface area contributed by atoms with Crippen LogP contribution in [0.3, 0.4) is 0 Å². The zero-order valence-corrected chi connectivity index (χ0v) is 11.8. The summed E-state index contributed by atoms with van der Waals surface area (Å²) >= 11 is 3.65. The second-order valence-electron chi connectivity index (χ2n) is 5.26. The van der Waals surface area contributed by atoms with E-state index in [0.717, 1.165) is 25.2 Å². The average Bonchev–Trinajstić information content (AvgIpc) is 2.62. The Balaban J connectivity index is 2.36. The molecule has 0 radical (unpaired) electrons. The molecule has 1 aromatic carbocycles. The molecule has 0 fully saturated rings. The third kappa shape index (κ3) is 2.27. The summed E-state index contributed by atoms with van der Waals surface area (Å²) in [6.45, 7) is 7.63. The Kier molecular flexibility index (Phi) is 3.29. The zero-order chi connectivity index (χ0) is 11.8. The summed E-state index contributed by atoms with van der Waals surface area (Å²) in [6, 6.07) is 6.54. The highest BCUT2D eigenvalue weighted by Gasteiger charge is 2.28. The van der Waals surface area contributed by atoms with Crippen LogP contribution >= 0.6 is 15.9 Å². The molecule has 0 bridgehead atoms. The molecule has 0 aromatic heterocycles. The zero-order valence-electron chi connectivity index (χ0n) is 10.2. The highest BCUT2D eigenvalue weighted by Crippen LogP contribution is 2.40. The Labute approximate surface area is 106 Å². The molecule has 0 aliphatic carbocycles. The number of alkyl halides is 1. The summed E-state index contributed by atoms with van der Waals surface area (Å²) in [5.41, 5.74) is 2.89. The van der Waals surface area contributed by atoms with E-state index in [2.05, 4.69) is 54.9 Å². The molecule has 1 unspecified atom stereocenters. The molecule has 16 heavy (non-hydrogen) atoms. The predicted octanol–water partition coefficient (Wildman–Crippen LogP) is 4.07. The van der Waals surface area contributed by atoms with Gasteiger partial charge in [-0.25, -0.2) is 0 Å². The Morgan fingerprint density at radius 1 is 1.44 bits per heavy atom. The van der Waals surface area contributed by atoms with Crippen LogP contribution in [0.2, 0.25) is 0 Å². The van der Waals surface area contributed by atoms with Crippen molar-refractivity contribution in [2.24, 2.45) is 0 Å². The minimum absolute atomic E-state index is 0.165. The van der Waals surface area contributed by atoms with E-state index in [1.807, 2.05) is 0 Å². The molecular formula is C14H19BrO. The average molecular weight is 283 g/mol. The second-order valence-corrected chi connectivity index (χ2v) is 6.82. The van der Waals surface area contributed by atoms with Crippen LogP contribution in [0.1, 0.15) is 38.3 Å². The van der Waals surface area contributed by atoms with Gasteiger partial charge in [-0.2, -0.15) is 0 Å². The van der Waals surface area contributed by atoms with Crippen molar-refractivity contribution in [2.75, 3.05) is 6.61 Å². The fourth-order valence-corrected chi connectivity index (χ4v) is 3.37. The highest BCUT2D eigenvalue weighted by molar-refractivity contribution is 9.09. The predicted molar refractivity (Wildman–Crippen MR) is 71.7 cm³/mol. The van der Waals surface area contributed by atoms with Gasteiger partial charge >= 0.3 is 0 Å². The van der Waals surface area contributed by atoms with Crippen LogP contribution in [0, 0.1) is 0 Å². The fourth-order valence-electron chi connectivity index (χ4n) is 2.56. The van der Waals surface area contributed by atoms with Crippen molar-refractivity contribution in [3.63, 3.8) is 0 Å². The van der Waals surface area contributed by atoms with Crippen molar-refractivity contribution in [1.29, 1.82) is 0 Å². The van der Waals surface area contributed by atoms with Crippen LogP contribution in [0.25, 0.3) is 0 Å². The maximum atomic E-state index is 5.78. The van der Waals surface area contributed by atoms with E-state index in [4.69, 9.17) is 4.74 Å². The number of hydrogen-bond acceptors (Lipinski definition) is 1. The third-order valence-corrected chi connectivity index (χ3v) is 3.56. The molecule has 88 valence electrons. The van der Waals surface area contributed by atoms with Crippen molar-refractivity contribution in [3.05, 3.63) is 29.3 Å². The Morgan fingerprint density at radius 2 is 2.19 bits per heavy atom. The van der Waals surface area contributed by atoms with Crippen molar-refractivity contribution >= 4 is 15.9 Å². The van der Waals surface area contributed by atoms with E-state index in [1.54, 1.807) is 0 Å². The quantitative estimate of drug-likeness (QED) is 0.760. The van der Waals surface area contributed by atoms with E-state index < -0.39 is 0 Å². The lowest BCUT2D eigenvalue weighted by Crippen LogP contribution is -2.21. The van der Waals surface area contributed by atoms with E-state index in [9.17, 15) is 0 Å². The molecule has 2 heteroatoms. The van der Waals surface area contributed by atoms with E-state index >= 15 is 0 Å². The largest absolute Gasteiger partial charge is 0.493 e. The van der Waals surface area contributed by atoms with Gasteiger partial charge in [-0.05, 0) is 17.4 Å². The van der Waals surface area contributed by atoms with Gasteiger partial charge in [0.2, 0.25) is 0 Å². The van der Waals surface area contributed by atoms with Crippen molar-refractivity contribution in [2.45, 2.75) is 43.9 Å². The maximum absolute atomic E-state index is 5.78. The van der Waals surface area contributed by atoms with Crippen LogP contribution in [-0.4, -0.2) is 11.4 Å². The molecule has 1 aromatic rings. The molecule has 1 heterocycles. The lowest BCUT2D eigenvalue weighted by Gasteiger charge is -2.28. The fraction of sp³-hybridized carbons (Fsp3) is 0.571.